The van der Waals surface area contributed by atoms with E-state index in [0.29, 0.717) is 6.42 Å². The molecule has 1 aliphatic rings. The van der Waals surface area contributed by atoms with E-state index in [9.17, 15) is 22.0 Å². The van der Waals surface area contributed by atoms with E-state index in [4.69, 9.17) is 5.11 Å². The molecule has 0 aromatic carbocycles. The SMILES string of the molecule is Cc1ccc(S(=O)(=O)N2CCCC2C(=O)N(CCO)CC(F)F)s1. The van der Waals surface area contributed by atoms with Gasteiger partial charge < -0.3 is 10.0 Å². The summed E-state index contributed by atoms with van der Waals surface area (Å²) < 4.78 is 52.0. The zero-order valence-electron chi connectivity index (χ0n) is 13.2. The molecule has 0 bridgehead atoms. The molecule has 1 atom stereocenters. The molecule has 1 aromatic heterocycles. The Morgan fingerprint density at radius 3 is 2.75 bits per heavy atom. The summed E-state index contributed by atoms with van der Waals surface area (Å²) in [6, 6.07) is 2.17. The first-order valence-corrected chi connectivity index (χ1v) is 9.79. The average molecular weight is 382 g/mol. The van der Waals surface area contributed by atoms with Gasteiger partial charge in [0.05, 0.1) is 13.2 Å². The molecule has 0 radical (unpaired) electrons. The van der Waals surface area contributed by atoms with Gasteiger partial charge in [-0.15, -0.1) is 11.3 Å². The normalized spacial score (nSPS) is 19.1. The third-order valence-electron chi connectivity index (χ3n) is 3.81. The molecule has 1 fully saturated rings. The highest BCUT2D eigenvalue weighted by molar-refractivity contribution is 7.91. The van der Waals surface area contributed by atoms with Gasteiger partial charge in [-0.1, -0.05) is 0 Å². The van der Waals surface area contributed by atoms with Crippen molar-refractivity contribution < 1.29 is 27.1 Å². The van der Waals surface area contributed by atoms with E-state index in [1.54, 1.807) is 13.0 Å². The van der Waals surface area contributed by atoms with Crippen LogP contribution in [0.4, 0.5) is 8.78 Å². The molecule has 1 aromatic rings. The van der Waals surface area contributed by atoms with Gasteiger partial charge >= 0.3 is 0 Å². The smallest absolute Gasteiger partial charge is 0.255 e. The number of rotatable bonds is 7. The fourth-order valence-electron chi connectivity index (χ4n) is 2.73. The standard InChI is InChI=1S/C14H20F2N2O4S2/c1-10-4-5-13(23-10)24(21,22)18-6-2-3-11(18)14(20)17(7-8-19)9-12(15)16/h4-5,11-12,19H,2-3,6-9H2,1H3. The van der Waals surface area contributed by atoms with E-state index in [2.05, 4.69) is 0 Å². The van der Waals surface area contributed by atoms with Crippen LogP contribution in [0.2, 0.25) is 0 Å². The summed E-state index contributed by atoms with van der Waals surface area (Å²) in [4.78, 5) is 14.2. The molecule has 1 unspecified atom stereocenters. The van der Waals surface area contributed by atoms with Crippen LogP contribution in [0.25, 0.3) is 0 Å². The minimum Gasteiger partial charge on any atom is -0.395 e. The van der Waals surface area contributed by atoms with Crippen LogP contribution in [0, 0.1) is 6.92 Å². The van der Waals surface area contributed by atoms with Crippen LogP contribution >= 0.6 is 11.3 Å². The van der Waals surface area contributed by atoms with Crippen LogP contribution in [-0.4, -0.2) is 67.3 Å². The quantitative estimate of drug-likeness (QED) is 0.771. The second-order valence-electron chi connectivity index (χ2n) is 5.54. The van der Waals surface area contributed by atoms with Gasteiger partial charge in [0.1, 0.15) is 10.3 Å². The highest BCUT2D eigenvalue weighted by atomic mass is 32.2. The lowest BCUT2D eigenvalue weighted by molar-refractivity contribution is -0.137. The maximum absolute atomic E-state index is 12.7. The molecule has 1 aliphatic heterocycles. The molecular weight excluding hydrogens is 362 g/mol. The van der Waals surface area contributed by atoms with Crippen molar-refractivity contribution in [3.63, 3.8) is 0 Å². The Labute approximate surface area is 143 Å². The molecule has 2 rings (SSSR count). The fourth-order valence-corrected chi connectivity index (χ4v) is 5.79. The largest absolute Gasteiger partial charge is 0.395 e. The lowest BCUT2D eigenvalue weighted by Crippen LogP contribution is -2.49. The number of aryl methyl sites for hydroxylation is 1. The third-order valence-corrected chi connectivity index (χ3v) is 7.18. The number of thiophene rings is 1. The molecule has 1 saturated heterocycles. The molecule has 24 heavy (non-hydrogen) atoms. The number of alkyl halides is 2. The minimum atomic E-state index is -3.83. The Morgan fingerprint density at radius 1 is 1.50 bits per heavy atom. The van der Waals surface area contributed by atoms with Crippen LogP contribution in [0.1, 0.15) is 17.7 Å². The minimum absolute atomic E-state index is 0.141. The maximum atomic E-state index is 12.7. The summed E-state index contributed by atoms with van der Waals surface area (Å²) in [6.07, 6.45) is -1.97. The summed E-state index contributed by atoms with van der Waals surface area (Å²) in [6.45, 7) is 0.439. The highest BCUT2D eigenvalue weighted by Crippen LogP contribution is 2.31. The van der Waals surface area contributed by atoms with E-state index < -0.39 is 41.5 Å². The van der Waals surface area contributed by atoms with Crippen molar-refractivity contribution in [1.29, 1.82) is 0 Å². The molecule has 1 N–H and O–H groups in total. The molecule has 0 spiro atoms. The van der Waals surface area contributed by atoms with E-state index in [1.165, 1.54) is 6.07 Å². The zero-order valence-corrected chi connectivity index (χ0v) is 14.8. The Kier molecular flexibility index (Phi) is 6.29. The molecule has 6 nitrogen and oxygen atoms in total. The number of amides is 1. The van der Waals surface area contributed by atoms with Crippen molar-refractivity contribution in [3.8, 4) is 0 Å². The van der Waals surface area contributed by atoms with Crippen molar-refractivity contribution in [2.45, 2.75) is 36.4 Å². The maximum Gasteiger partial charge on any atom is 0.255 e. The van der Waals surface area contributed by atoms with Gasteiger partial charge in [-0.2, -0.15) is 4.31 Å². The molecule has 10 heteroatoms. The van der Waals surface area contributed by atoms with Gasteiger partial charge in [-0.05, 0) is 31.9 Å². The molecule has 136 valence electrons. The van der Waals surface area contributed by atoms with Crippen LogP contribution in [0.3, 0.4) is 0 Å². The van der Waals surface area contributed by atoms with Crippen molar-refractivity contribution in [1.82, 2.24) is 9.21 Å². The number of carbonyl (C=O) groups excluding carboxylic acids is 1. The van der Waals surface area contributed by atoms with Crippen LogP contribution in [0.15, 0.2) is 16.3 Å². The predicted octanol–water partition coefficient (Wildman–Crippen LogP) is 1.30. The topological polar surface area (TPSA) is 77.9 Å². The van der Waals surface area contributed by atoms with E-state index in [1.807, 2.05) is 0 Å². The summed E-state index contributed by atoms with van der Waals surface area (Å²) in [7, 11) is -3.83. The molecule has 0 saturated carbocycles. The number of aliphatic hydroxyl groups is 1. The first-order valence-electron chi connectivity index (χ1n) is 7.53. The molecule has 2 heterocycles. The van der Waals surface area contributed by atoms with Gasteiger partial charge in [-0.25, -0.2) is 17.2 Å². The zero-order chi connectivity index (χ0) is 17.9. The second kappa shape index (κ2) is 7.85. The van der Waals surface area contributed by atoms with E-state index in [0.717, 1.165) is 25.4 Å². The van der Waals surface area contributed by atoms with E-state index in [-0.39, 0.29) is 23.7 Å². The van der Waals surface area contributed by atoms with Crippen molar-refractivity contribution in [2.24, 2.45) is 0 Å². The Bertz CT molecular complexity index is 678. The number of aliphatic hydroxyl groups excluding tert-OH is 1. The van der Waals surface area contributed by atoms with Crippen molar-refractivity contribution in [2.75, 3.05) is 26.2 Å². The molecule has 0 aliphatic carbocycles. The monoisotopic (exact) mass is 382 g/mol. The molecular formula is C14H20F2N2O4S2. The second-order valence-corrected chi connectivity index (χ2v) is 8.94. The predicted molar refractivity (Wildman–Crippen MR) is 85.6 cm³/mol. The van der Waals surface area contributed by atoms with Crippen molar-refractivity contribution in [3.05, 3.63) is 17.0 Å². The lowest BCUT2D eigenvalue weighted by Gasteiger charge is -2.29. The summed E-state index contributed by atoms with van der Waals surface area (Å²) in [5.41, 5.74) is 0. The first-order chi connectivity index (χ1) is 11.3. The Balaban J connectivity index is 2.24. The van der Waals surface area contributed by atoms with Gasteiger partial charge in [0.25, 0.3) is 16.4 Å². The number of carbonyl (C=O) groups is 1. The van der Waals surface area contributed by atoms with Crippen molar-refractivity contribution >= 4 is 27.3 Å². The lowest BCUT2D eigenvalue weighted by atomic mass is 10.2. The fraction of sp³-hybridized carbons (Fsp3) is 0.643. The van der Waals surface area contributed by atoms with Crippen LogP contribution in [-0.2, 0) is 14.8 Å². The van der Waals surface area contributed by atoms with Crippen LogP contribution < -0.4 is 0 Å². The van der Waals surface area contributed by atoms with E-state index >= 15 is 0 Å². The Hall–Kier alpha value is -1.10. The number of nitrogens with zero attached hydrogens (tertiary/aromatic N) is 2. The first kappa shape index (κ1) is 19.2. The number of sulfonamides is 1. The third kappa shape index (κ3) is 4.11. The summed E-state index contributed by atoms with van der Waals surface area (Å²) >= 11 is 1.11. The summed E-state index contributed by atoms with van der Waals surface area (Å²) in [5.74, 6) is -0.682. The highest BCUT2D eigenvalue weighted by Gasteiger charge is 2.41. The Morgan fingerprint density at radius 2 is 2.21 bits per heavy atom. The number of hydrogen-bond donors (Lipinski definition) is 1. The average Bonchev–Trinajstić information content (AvgIpc) is 3.14. The van der Waals surface area contributed by atoms with Gasteiger partial charge in [0.2, 0.25) is 5.91 Å². The van der Waals surface area contributed by atoms with Crippen LogP contribution in [0.5, 0.6) is 0 Å². The molecule has 1 amide bonds. The summed E-state index contributed by atoms with van der Waals surface area (Å²) in [5, 5.41) is 8.98. The number of hydrogen-bond acceptors (Lipinski definition) is 5. The van der Waals surface area contributed by atoms with Gasteiger partial charge in [-0.3, -0.25) is 4.79 Å². The number of halogens is 2. The van der Waals surface area contributed by atoms with Gasteiger partial charge in [0, 0.05) is 18.0 Å². The van der Waals surface area contributed by atoms with Gasteiger partial charge in [0.15, 0.2) is 0 Å².